The van der Waals surface area contributed by atoms with E-state index < -0.39 is 0 Å². The summed E-state index contributed by atoms with van der Waals surface area (Å²) >= 11 is 1.66. The minimum Gasteiger partial charge on any atom is -0.388 e. The van der Waals surface area contributed by atoms with Crippen molar-refractivity contribution in [2.45, 2.75) is 6.10 Å². The molecule has 2 rings (SSSR count). The molecule has 0 radical (unpaired) electrons. The average Bonchev–Trinajstić information content (AvgIpc) is 2.40. The highest BCUT2D eigenvalue weighted by atomic mass is 32.2. The van der Waals surface area contributed by atoms with Gasteiger partial charge in [-0.2, -0.15) is 11.8 Å². The molecule has 2 aromatic rings. The van der Waals surface area contributed by atoms with E-state index in [2.05, 4.69) is 24.3 Å². The third-order valence-electron chi connectivity index (χ3n) is 2.73. The van der Waals surface area contributed by atoms with Gasteiger partial charge in [0.05, 0.1) is 6.10 Å². The molecule has 0 amide bonds. The van der Waals surface area contributed by atoms with Crippen molar-refractivity contribution in [1.82, 2.24) is 0 Å². The van der Waals surface area contributed by atoms with E-state index in [0.717, 1.165) is 11.3 Å². The van der Waals surface area contributed by atoms with Crippen LogP contribution in [0.25, 0.3) is 11.1 Å². The van der Waals surface area contributed by atoms with Gasteiger partial charge in [0.15, 0.2) is 0 Å². The van der Waals surface area contributed by atoms with Gasteiger partial charge in [-0.3, -0.25) is 0 Å². The minimum atomic E-state index is -0.366. The molecule has 0 aromatic heterocycles. The Kier molecular flexibility index (Phi) is 4.24. The van der Waals surface area contributed by atoms with Crippen LogP contribution < -0.4 is 0 Å². The first-order chi connectivity index (χ1) is 8.31. The van der Waals surface area contributed by atoms with Gasteiger partial charge >= 0.3 is 0 Å². The van der Waals surface area contributed by atoms with E-state index in [1.165, 1.54) is 11.1 Å². The summed E-state index contributed by atoms with van der Waals surface area (Å²) in [6.07, 6.45) is 1.64. The highest BCUT2D eigenvalue weighted by Gasteiger charge is 2.06. The molecule has 0 aliphatic carbocycles. The second-order valence-corrected chi connectivity index (χ2v) is 4.87. The first-order valence-corrected chi connectivity index (χ1v) is 7.03. The van der Waals surface area contributed by atoms with Gasteiger partial charge in [0.2, 0.25) is 0 Å². The molecule has 1 nitrogen and oxygen atoms in total. The molecule has 0 bridgehead atoms. The quantitative estimate of drug-likeness (QED) is 0.884. The zero-order valence-corrected chi connectivity index (χ0v) is 10.7. The first kappa shape index (κ1) is 12.2. The van der Waals surface area contributed by atoms with Crippen LogP contribution in [0.1, 0.15) is 11.7 Å². The maximum atomic E-state index is 9.86. The number of rotatable bonds is 4. The molecule has 1 N–H and O–H groups in total. The lowest BCUT2D eigenvalue weighted by Crippen LogP contribution is -1.99. The van der Waals surface area contributed by atoms with E-state index in [-0.39, 0.29) is 6.10 Å². The summed E-state index contributed by atoms with van der Waals surface area (Å²) < 4.78 is 0. The Bertz CT molecular complexity index is 450. The van der Waals surface area contributed by atoms with Crippen molar-refractivity contribution in [3.8, 4) is 11.1 Å². The summed E-state index contributed by atoms with van der Waals surface area (Å²) in [5, 5.41) is 9.86. The summed E-state index contributed by atoms with van der Waals surface area (Å²) in [7, 11) is 0. The van der Waals surface area contributed by atoms with Crippen LogP contribution in [0.5, 0.6) is 0 Å². The van der Waals surface area contributed by atoms with Crippen LogP contribution in [0.15, 0.2) is 54.6 Å². The number of benzene rings is 2. The molecule has 17 heavy (non-hydrogen) atoms. The molecule has 2 aromatic carbocycles. The first-order valence-electron chi connectivity index (χ1n) is 5.63. The van der Waals surface area contributed by atoms with Crippen LogP contribution in [0.4, 0.5) is 0 Å². The van der Waals surface area contributed by atoms with Crippen molar-refractivity contribution in [2.24, 2.45) is 0 Å². The van der Waals surface area contributed by atoms with E-state index >= 15 is 0 Å². The third kappa shape index (κ3) is 3.11. The average molecular weight is 244 g/mol. The Labute approximate surface area is 107 Å². The topological polar surface area (TPSA) is 20.2 Å². The van der Waals surface area contributed by atoms with Crippen LogP contribution in [-0.4, -0.2) is 17.1 Å². The molecule has 0 fully saturated rings. The lowest BCUT2D eigenvalue weighted by atomic mass is 10.0. The lowest BCUT2D eigenvalue weighted by Gasteiger charge is -2.10. The van der Waals surface area contributed by atoms with E-state index in [4.69, 9.17) is 0 Å². The monoisotopic (exact) mass is 244 g/mol. The Hall–Kier alpha value is -1.25. The number of aliphatic hydroxyl groups is 1. The van der Waals surface area contributed by atoms with Crippen LogP contribution in [0, 0.1) is 0 Å². The van der Waals surface area contributed by atoms with Crippen molar-refractivity contribution >= 4 is 11.8 Å². The predicted octanol–water partition coefficient (Wildman–Crippen LogP) is 3.75. The molecule has 0 aliphatic heterocycles. The minimum absolute atomic E-state index is 0.366. The summed E-state index contributed by atoms with van der Waals surface area (Å²) in [5.74, 6) is 0.741. The van der Waals surface area contributed by atoms with Crippen molar-refractivity contribution in [3.05, 3.63) is 60.2 Å². The summed E-state index contributed by atoms with van der Waals surface area (Å²) in [6, 6.07) is 18.4. The van der Waals surface area contributed by atoms with Gasteiger partial charge in [-0.05, 0) is 22.9 Å². The van der Waals surface area contributed by atoms with Crippen LogP contribution in [0.3, 0.4) is 0 Å². The molecule has 0 saturated heterocycles. The summed E-state index contributed by atoms with van der Waals surface area (Å²) in [5.41, 5.74) is 3.38. The van der Waals surface area contributed by atoms with Crippen molar-refractivity contribution in [1.29, 1.82) is 0 Å². The molecule has 0 heterocycles. The molecule has 0 aliphatic rings. The Morgan fingerprint density at radius 1 is 0.941 bits per heavy atom. The van der Waals surface area contributed by atoms with Gasteiger partial charge in [0, 0.05) is 5.75 Å². The molecule has 1 atom stereocenters. The summed E-state index contributed by atoms with van der Waals surface area (Å²) in [4.78, 5) is 0. The predicted molar refractivity (Wildman–Crippen MR) is 75.2 cm³/mol. The highest BCUT2D eigenvalue weighted by molar-refractivity contribution is 7.98. The maximum absolute atomic E-state index is 9.86. The second-order valence-electron chi connectivity index (χ2n) is 3.96. The van der Waals surface area contributed by atoms with Gasteiger partial charge in [-0.25, -0.2) is 0 Å². The molecule has 2 heteroatoms. The summed E-state index contributed by atoms with van der Waals surface area (Å²) in [6.45, 7) is 0. The molecule has 88 valence electrons. The zero-order chi connectivity index (χ0) is 12.1. The standard InChI is InChI=1S/C15H16OS/c1-17-11-15(16)14-9-7-13(8-10-14)12-5-3-2-4-6-12/h2-10,15-16H,11H2,1H3. The van der Waals surface area contributed by atoms with Gasteiger partial charge in [-0.1, -0.05) is 54.6 Å². The maximum Gasteiger partial charge on any atom is 0.0880 e. The molecular formula is C15H16OS. The number of aliphatic hydroxyl groups excluding tert-OH is 1. The van der Waals surface area contributed by atoms with E-state index in [1.54, 1.807) is 11.8 Å². The van der Waals surface area contributed by atoms with Gasteiger partial charge < -0.3 is 5.11 Å². The Balaban J connectivity index is 2.19. The zero-order valence-electron chi connectivity index (χ0n) is 9.84. The van der Waals surface area contributed by atoms with Crippen molar-refractivity contribution < 1.29 is 5.11 Å². The smallest absolute Gasteiger partial charge is 0.0880 e. The third-order valence-corrected chi connectivity index (χ3v) is 3.38. The fourth-order valence-corrected chi connectivity index (χ4v) is 2.29. The number of thioether (sulfide) groups is 1. The van der Waals surface area contributed by atoms with Gasteiger partial charge in [0.1, 0.15) is 0 Å². The van der Waals surface area contributed by atoms with Gasteiger partial charge in [0.25, 0.3) is 0 Å². The Morgan fingerprint density at radius 3 is 2.12 bits per heavy atom. The van der Waals surface area contributed by atoms with Crippen molar-refractivity contribution in [2.75, 3.05) is 12.0 Å². The van der Waals surface area contributed by atoms with E-state index in [1.807, 2.05) is 36.6 Å². The SMILES string of the molecule is CSCC(O)c1ccc(-c2ccccc2)cc1. The largest absolute Gasteiger partial charge is 0.388 e. The van der Waals surface area contributed by atoms with E-state index in [0.29, 0.717) is 0 Å². The lowest BCUT2D eigenvalue weighted by molar-refractivity contribution is 0.204. The van der Waals surface area contributed by atoms with Gasteiger partial charge in [-0.15, -0.1) is 0 Å². The molecular weight excluding hydrogens is 228 g/mol. The Morgan fingerprint density at radius 2 is 1.53 bits per heavy atom. The van der Waals surface area contributed by atoms with E-state index in [9.17, 15) is 5.11 Å². The fourth-order valence-electron chi connectivity index (χ4n) is 1.78. The second kappa shape index (κ2) is 5.89. The van der Waals surface area contributed by atoms with Crippen molar-refractivity contribution in [3.63, 3.8) is 0 Å². The van der Waals surface area contributed by atoms with Crippen LogP contribution >= 0.6 is 11.8 Å². The number of hydrogen-bond acceptors (Lipinski definition) is 2. The highest BCUT2D eigenvalue weighted by Crippen LogP contribution is 2.22. The molecule has 0 saturated carbocycles. The molecule has 1 unspecified atom stereocenters. The fraction of sp³-hybridized carbons (Fsp3) is 0.200. The normalized spacial score (nSPS) is 12.4. The van der Waals surface area contributed by atoms with Crippen LogP contribution in [-0.2, 0) is 0 Å². The molecule has 0 spiro atoms. The number of hydrogen-bond donors (Lipinski definition) is 1. The van der Waals surface area contributed by atoms with Crippen LogP contribution in [0.2, 0.25) is 0 Å².